The average Bonchev–Trinajstić information content (AvgIpc) is 2.39. The molecule has 1 aromatic heterocycles. The molecule has 1 unspecified atom stereocenters. The van der Waals surface area contributed by atoms with Gasteiger partial charge >= 0.3 is 0 Å². The van der Waals surface area contributed by atoms with E-state index in [0.717, 1.165) is 23.4 Å². The molecule has 0 aliphatic rings. The Kier molecular flexibility index (Phi) is 3.82. The van der Waals surface area contributed by atoms with Gasteiger partial charge in [-0.3, -0.25) is 4.98 Å². The zero-order chi connectivity index (χ0) is 13.0. The van der Waals surface area contributed by atoms with Crippen molar-refractivity contribution in [1.29, 1.82) is 0 Å². The highest BCUT2D eigenvalue weighted by Gasteiger charge is 2.12. The quantitative estimate of drug-likeness (QED) is 0.860. The van der Waals surface area contributed by atoms with Gasteiger partial charge in [-0.15, -0.1) is 0 Å². The highest BCUT2D eigenvalue weighted by molar-refractivity contribution is 5.46. The molecule has 3 nitrogen and oxygen atoms in total. The van der Waals surface area contributed by atoms with Gasteiger partial charge in [-0.25, -0.2) is 0 Å². The number of rotatable bonds is 4. The molecule has 0 radical (unpaired) electrons. The van der Waals surface area contributed by atoms with Gasteiger partial charge in [0.05, 0.1) is 17.9 Å². The monoisotopic (exact) mass is 242 g/mol. The summed E-state index contributed by atoms with van der Waals surface area (Å²) in [7, 11) is 0. The van der Waals surface area contributed by atoms with Gasteiger partial charge in [-0.2, -0.15) is 0 Å². The molecule has 0 aliphatic heterocycles. The van der Waals surface area contributed by atoms with Gasteiger partial charge in [-0.05, 0) is 31.5 Å². The Morgan fingerprint density at radius 3 is 2.61 bits per heavy atom. The van der Waals surface area contributed by atoms with Gasteiger partial charge in [-0.1, -0.05) is 25.1 Å². The van der Waals surface area contributed by atoms with Crippen LogP contribution < -0.4 is 5.32 Å². The van der Waals surface area contributed by atoms with Crippen LogP contribution in [0.3, 0.4) is 0 Å². The second kappa shape index (κ2) is 5.54. The SMILES string of the molecule is CCC(Nc1ccc(C)nc1)c1ccccc1O. The number of aromatic hydroxyl groups is 1. The molecule has 0 amide bonds. The molecule has 0 spiro atoms. The molecule has 0 fully saturated rings. The minimum Gasteiger partial charge on any atom is -0.508 e. The molecule has 0 saturated heterocycles. The summed E-state index contributed by atoms with van der Waals surface area (Å²) in [6, 6.07) is 11.5. The van der Waals surface area contributed by atoms with Crippen molar-refractivity contribution in [2.75, 3.05) is 5.32 Å². The number of anilines is 1. The van der Waals surface area contributed by atoms with Crippen molar-refractivity contribution in [3.63, 3.8) is 0 Å². The number of hydrogen-bond acceptors (Lipinski definition) is 3. The first-order valence-corrected chi connectivity index (χ1v) is 6.17. The Hall–Kier alpha value is -2.03. The Balaban J connectivity index is 2.20. The highest BCUT2D eigenvalue weighted by Crippen LogP contribution is 2.28. The van der Waals surface area contributed by atoms with Gasteiger partial charge < -0.3 is 10.4 Å². The van der Waals surface area contributed by atoms with Crippen LogP contribution in [0, 0.1) is 6.92 Å². The molecule has 2 rings (SSSR count). The number of nitrogens with one attached hydrogen (secondary N) is 1. The van der Waals surface area contributed by atoms with E-state index >= 15 is 0 Å². The first kappa shape index (κ1) is 12.4. The van der Waals surface area contributed by atoms with E-state index in [9.17, 15) is 5.11 Å². The predicted molar refractivity (Wildman–Crippen MR) is 73.7 cm³/mol. The Labute approximate surface area is 108 Å². The Bertz CT molecular complexity index is 508. The number of phenolic OH excluding ortho intramolecular Hbond substituents is 1. The largest absolute Gasteiger partial charge is 0.508 e. The molecule has 18 heavy (non-hydrogen) atoms. The summed E-state index contributed by atoms with van der Waals surface area (Å²) in [6.45, 7) is 4.05. The van der Waals surface area contributed by atoms with Crippen molar-refractivity contribution in [2.45, 2.75) is 26.3 Å². The number of pyridine rings is 1. The van der Waals surface area contributed by atoms with E-state index in [0.29, 0.717) is 5.75 Å². The maximum Gasteiger partial charge on any atom is 0.120 e. The van der Waals surface area contributed by atoms with Gasteiger partial charge in [0.25, 0.3) is 0 Å². The van der Waals surface area contributed by atoms with Crippen LogP contribution in [0.5, 0.6) is 5.75 Å². The summed E-state index contributed by atoms with van der Waals surface area (Å²) in [5.41, 5.74) is 2.88. The van der Waals surface area contributed by atoms with Crippen molar-refractivity contribution < 1.29 is 5.11 Å². The van der Waals surface area contributed by atoms with Crippen molar-refractivity contribution in [3.8, 4) is 5.75 Å². The van der Waals surface area contributed by atoms with E-state index < -0.39 is 0 Å². The molecule has 0 bridgehead atoms. The van der Waals surface area contributed by atoms with E-state index in [4.69, 9.17) is 0 Å². The van der Waals surface area contributed by atoms with E-state index in [-0.39, 0.29) is 6.04 Å². The predicted octanol–water partition coefficient (Wildman–Crippen LogP) is 3.66. The molecule has 1 atom stereocenters. The lowest BCUT2D eigenvalue weighted by molar-refractivity contribution is 0.463. The van der Waals surface area contributed by atoms with E-state index in [1.807, 2.05) is 43.5 Å². The fourth-order valence-electron chi connectivity index (χ4n) is 1.94. The van der Waals surface area contributed by atoms with E-state index in [1.54, 1.807) is 6.07 Å². The minimum absolute atomic E-state index is 0.0932. The van der Waals surface area contributed by atoms with E-state index in [1.165, 1.54) is 0 Å². The van der Waals surface area contributed by atoms with Gasteiger partial charge in [0.1, 0.15) is 5.75 Å². The molecule has 3 heteroatoms. The Morgan fingerprint density at radius 2 is 2.00 bits per heavy atom. The molecule has 0 aliphatic carbocycles. The fourth-order valence-corrected chi connectivity index (χ4v) is 1.94. The lowest BCUT2D eigenvalue weighted by atomic mass is 10.0. The zero-order valence-electron chi connectivity index (χ0n) is 10.7. The topological polar surface area (TPSA) is 45.2 Å². The first-order valence-electron chi connectivity index (χ1n) is 6.17. The van der Waals surface area contributed by atoms with Crippen molar-refractivity contribution in [2.24, 2.45) is 0 Å². The van der Waals surface area contributed by atoms with Crippen molar-refractivity contribution >= 4 is 5.69 Å². The second-order valence-electron chi connectivity index (χ2n) is 4.35. The molecule has 1 heterocycles. The standard InChI is InChI=1S/C15H18N2O/c1-3-14(13-6-4-5-7-15(13)18)17-12-9-8-11(2)16-10-12/h4-10,14,17-18H,3H2,1-2H3. The lowest BCUT2D eigenvalue weighted by Gasteiger charge is -2.19. The molecule has 1 aromatic carbocycles. The lowest BCUT2D eigenvalue weighted by Crippen LogP contribution is -2.10. The number of nitrogens with zero attached hydrogens (tertiary/aromatic N) is 1. The summed E-state index contributed by atoms with van der Waals surface area (Å²) in [5.74, 6) is 0.330. The normalized spacial score (nSPS) is 12.1. The second-order valence-corrected chi connectivity index (χ2v) is 4.35. The third kappa shape index (κ3) is 2.80. The average molecular weight is 242 g/mol. The third-order valence-electron chi connectivity index (χ3n) is 2.97. The fraction of sp³-hybridized carbons (Fsp3) is 0.267. The summed E-state index contributed by atoms with van der Waals surface area (Å²) in [5, 5.41) is 13.3. The van der Waals surface area contributed by atoms with E-state index in [2.05, 4.69) is 17.2 Å². The van der Waals surface area contributed by atoms with Crippen LogP contribution in [0.2, 0.25) is 0 Å². The smallest absolute Gasteiger partial charge is 0.120 e. The van der Waals surface area contributed by atoms with Gasteiger partial charge in [0, 0.05) is 11.3 Å². The summed E-state index contributed by atoms with van der Waals surface area (Å²) >= 11 is 0. The van der Waals surface area contributed by atoms with Crippen LogP contribution in [-0.4, -0.2) is 10.1 Å². The maximum absolute atomic E-state index is 9.88. The van der Waals surface area contributed by atoms with Crippen molar-refractivity contribution in [1.82, 2.24) is 4.98 Å². The molecule has 2 aromatic rings. The number of phenols is 1. The Morgan fingerprint density at radius 1 is 1.22 bits per heavy atom. The minimum atomic E-state index is 0.0932. The van der Waals surface area contributed by atoms with Crippen LogP contribution in [0.4, 0.5) is 5.69 Å². The zero-order valence-corrected chi connectivity index (χ0v) is 10.7. The molecule has 94 valence electrons. The first-order chi connectivity index (χ1) is 8.70. The van der Waals surface area contributed by atoms with Crippen LogP contribution in [0.15, 0.2) is 42.6 Å². The number of benzene rings is 1. The summed E-state index contributed by atoms with van der Waals surface area (Å²) < 4.78 is 0. The van der Waals surface area contributed by atoms with Crippen LogP contribution in [-0.2, 0) is 0 Å². The van der Waals surface area contributed by atoms with Crippen LogP contribution in [0.1, 0.15) is 30.6 Å². The molecular weight excluding hydrogens is 224 g/mol. The number of para-hydroxylation sites is 1. The number of aryl methyl sites for hydroxylation is 1. The van der Waals surface area contributed by atoms with Gasteiger partial charge in [0.2, 0.25) is 0 Å². The number of aromatic nitrogens is 1. The molecular formula is C15H18N2O. The highest BCUT2D eigenvalue weighted by atomic mass is 16.3. The summed E-state index contributed by atoms with van der Waals surface area (Å²) in [4.78, 5) is 4.26. The number of hydrogen-bond donors (Lipinski definition) is 2. The maximum atomic E-state index is 9.88. The summed E-state index contributed by atoms with van der Waals surface area (Å²) in [6.07, 6.45) is 2.71. The van der Waals surface area contributed by atoms with Crippen LogP contribution in [0.25, 0.3) is 0 Å². The van der Waals surface area contributed by atoms with Crippen LogP contribution >= 0.6 is 0 Å². The van der Waals surface area contributed by atoms with Crippen molar-refractivity contribution in [3.05, 3.63) is 53.9 Å². The molecule has 0 saturated carbocycles. The van der Waals surface area contributed by atoms with Gasteiger partial charge in [0.15, 0.2) is 0 Å². The molecule has 2 N–H and O–H groups in total. The third-order valence-corrected chi connectivity index (χ3v) is 2.97.